The van der Waals surface area contributed by atoms with Crippen LogP contribution in [-0.2, 0) is 25.8 Å². The first-order chi connectivity index (χ1) is 11.8. The van der Waals surface area contributed by atoms with Crippen LogP contribution in [0, 0.1) is 5.41 Å². The van der Waals surface area contributed by atoms with Gasteiger partial charge >= 0.3 is 0 Å². The quantitative estimate of drug-likeness (QED) is 0.822. The third-order valence-electron chi connectivity index (χ3n) is 5.78. The van der Waals surface area contributed by atoms with E-state index in [9.17, 15) is 13.2 Å². The van der Waals surface area contributed by atoms with Crippen molar-refractivity contribution in [3.8, 4) is 0 Å². The van der Waals surface area contributed by atoms with E-state index >= 15 is 0 Å². The molecule has 5 nitrogen and oxygen atoms in total. The normalized spacial score (nSPS) is 27.0. The average Bonchev–Trinajstić information content (AvgIpc) is 2.96. The molecule has 1 aromatic rings. The number of likely N-dealkylation sites (tertiary alicyclic amines) is 1. The molecule has 25 heavy (non-hydrogen) atoms. The topological polar surface area (TPSA) is 63.7 Å². The number of piperidine rings is 1. The zero-order valence-corrected chi connectivity index (χ0v) is 15.8. The molecule has 1 saturated carbocycles. The standard InChI is InChI=1S/C19H27NO4S/c1-24-17-5-3-10-19(17)11-4-12-20(14-19)18(21)13-15-6-8-16(9-7-15)25(2,22)23/h6-9,17H,3-5,10-14H2,1-2H3/t17-,19+/m1/s1. The first-order valence-electron chi connectivity index (χ1n) is 8.94. The largest absolute Gasteiger partial charge is 0.381 e. The van der Waals surface area contributed by atoms with Gasteiger partial charge in [-0.2, -0.15) is 0 Å². The summed E-state index contributed by atoms with van der Waals surface area (Å²) in [7, 11) is -1.42. The number of nitrogens with zero attached hydrogens (tertiary/aromatic N) is 1. The van der Waals surface area contributed by atoms with Crippen molar-refractivity contribution in [3.05, 3.63) is 29.8 Å². The summed E-state index contributed by atoms with van der Waals surface area (Å²) in [6.45, 7) is 1.59. The van der Waals surface area contributed by atoms with Gasteiger partial charge in [0.05, 0.1) is 17.4 Å². The Kier molecular flexibility index (Phi) is 5.21. The van der Waals surface area contributed by atoms with Crippen molar-refractivity contribution in [3.63, 3.8) is 0 Å². The molecule has 3 rings (SSSR count). The monoisotopic (exact) mass is 365 g/mol. The number of carbonyl (C=O) groups excluding carboxylic acids is 1. The summed E-state index contributed by atoms with van der Waals surface area (Å²) in [5, 5.41) is 0. The van der Waals surface area contributed by atoms with Crippen molar-refractivity contribution in [2.45, 2.75) is 49.5 Å². The highest BCUT2D eigenvalue weighted by Crippen LogP contribution is 2.46. The van der Waals surface area contributed by atoms with Crippen molar-refractivity contribution in [1.29, 1.82) is 0 Å². The zero-order chi connectivity index (χ0) is 18.1. The summed E-state index contributed by atoms with van der Waals surface area (Å²) < 4.78 is 28.8. The van der Waals surface area contributed by atoms with Gasteiger partial charge < -0.3 is 9.64 Å². The minimum atomic E-state index is -3.20. The molecular formula is C19H27NO4S. The lowest BCUT2D eigenvalue weighted by atomic mass is 9.76. The summed E-state index contributed by atoms with van der Waals surface area (Å²) in [6, 6.07) is 6.63. The van der Waals surface area contributed by atoms with E-state index in [0.717, 1.165) is 44.3 Å². The van der Waals surface area contributed by atoms with Crippen molar-refractivity contribution >= 4 is 15.7 Å². The van der Waals surface area contributed by atoms with E-state index in [4.69, 9.17) is 4.74 Å². The Balaban J connectivity index is 1.67. The van der Waals surface area contributed by atoms with Gasteiger partial charge in [0.25, 0.3) is 0 Å². The Hall–Kier alpha value is -1.40. The Labute approximate surface area is 150 Å². The van der Waals surface area contributed by atoms with E-state index in [1.807, 2.05) is 4.90 Å². The minimum absolute atomic E-state index is 0.118. The third kappa shape index (κ3) is 3.90. The fraction of sp³-hybridized carbons (Fsp3) is 0.632. The molecule has 0 unspecified atom stereocenters. The van der Waals surface area contributed by atoms with Crippen molar-refractivity contribution < 1.29 is 17.9 Å². The molecule has 0 radical (unpaired) electrons. The maximum absolute atomic E-state index is 12.8. The van der Waals surface area contributed by atoms with E-state index in [-0.39, 0.29) is 22.3 Å². The Morgan fingerprint density at radius 2 is 1.92 bits per heavy atom. The second-order valence-corrected chi connectivity index (χ2v) is 9.51. The second kappa shape index (κ2) is 7.08. The van der Waals surface area contributed by atoms with Gasteiger partial charge in [0.1, 0.15) is 0 Å². The number of rotatable bonds is 4. The summed E-state index contributed by atoms with van der Waals surface area (Å²) in [4.78, 5) is 15.0. The number of methoxy groups -OCH3 is 1. The predicted octanol–water partition coefficient (Wildman–Crippen LogP) is 2.44. The highest BCUT2D eigenvalue weighted by molar-refractivity contribution is 7.90. The Morgan fingerprint density at radius 3 is 2.56 bits per heavy atom. The predicted molar refractivity (Wildman–Crippen MR) is 96.2 cm³/mol. The summed E-state index contributed by atoms with van der Waals surface area (Å²) in [5.41, 5.74) is 0.981. The van der Waals surface area contributed by atoms with Crippen LogP contribution in [0.1, 0.15) is 37.7 Å². The number of carbonyl (C=O) groups is 1. The number of hydrogen-bond donors (Lipinski definition) is 0. The number of amides is 1. The van der Waals surface area contributed by atoms with Crippen molar-refractivity contribution in [2.24, 2.45) is 5.41 Å². The number of sulfone groups is 1. The molecule has 138 valence electrons. The smallest absolute Gasteiger partial charge is 0.227 e. The van der Waals surface area contributed by atoms with Crippen LogP contribution in [0.4, 0.5) is 0 Å². The number of benzene rings is 1. The summed E-state index contributed by atoms with van der Waals surface area (Å²) >= 11 is 0. The molecule has 2 aliphatic rings. The molecule has 6 heteroatoms. The molecule has 1 heterocycles. The maximum Gasteiger partial charge on any atom is 0.227 e. The lowest BCUT2D eigenvalue weighted by molar-refractivity contribution is -0.136. The van der Waals surface area contributed by atoms with Crippen LogP contribution in [0.5, 0.6) is 0 Å². The van der Waals surface area contributed by atoms with Gasteiger partial charge in [0, 0.05) is 31.9 Å². The van der Waals surface area contributed by atoms with E-state index in [1.54, 1.807) is 31.4 Å². The van der Waals surface area contributed by atoms with Gasteiger partial charge in [-0.05, 0) is 43.4 Å². The molecule has 2 atom stereocenters. The first kappa shape index (κ1) is 18.4. The van der Waals surface area contributed by atoms with Crippen LogP contribution in [-0.4, -0.2) is 51.8 Å². The van der Waals surface area contributed by atoms with E-state index in [2.05, 4.69) is 0 Å². The van der Waals surface area contributed by atoms with Crippen LogP contribution < -0.4 is 0 Å². The molecule has 1 aliphatic carbocycles. The highest BCUT2D eigenvalue weighted by atomic mass is 32.2. The fourth-order valence-electron chi connectivity index (χ4n) is 4.46. The average molecular weight is 365 g/mol. The lowest BCUT2D eigenvalue weighted by Crippen LogP contribution is -2.50. The van der Waals surface area contributed by atoms with Gasteiger partial charge in [-0.3, -0.25) is 4.79 Å². The molecule has 0 N–H and O–H groups in total. The minimum Gasteiger partial charge on any atom is -0.381 e. The molecule has 0 aromatic heterocycles. The van der Waals surface area contributed by atoms with E-state index in [0.29, 0.717) is 6.42 Å². The molecule has 1 amide bonds. The van der Waals surface area contributed by atoms with Crippen LogP contribution in [0.2, 0.25) is 0 Å². The fourth-order valence-corrected chi connectivity index (χ4v) is 5.09. The number of ether oxygens (including phenoxy) is 1. The molecule has 1 aliphatic heterocycles. The Bertz CT molecular complexity index is 728. The van der Waals surface area contributed by atoms with Gasteiger partial charge in [-0.15, -0.1) is 0 Å². The van der Waals surface area contributed by atoms with Crippen LogP contribution in [0.25, 0.3) is 0 Å². The molecular weight excluding hydrogens is 338 g/mol. The first-order valence-corrected chi connectivity index (χ1v) is 10.8. The SMILES string of the molecule is CO[C@@H]1CCC[C@@]12CCCN(C(=O)Cc1ccc(S(C)(=O)=O)cc1)C2. The number of hydrogen-bond acceptors (Lipinski definition) is 4. The second-order valence-electron chi connectivity index (χ2n) is 7.49. The molecule has 1 saturated heterocycles. The van der Waals surface area contributed by atoms with Crippen molar-refractivity contribution in [2.75, 3.05) is 26.5 Å². The Morgan fingerprint density at radius 1 is 1.24 bits per heavy atom. The molecule has 0 bridgehead atoms. The van der Waals surface area contributed by atoms with E-state index in [1.165, 1.54) is 12.7 Å². The maximum atomic E-state index is 12.8. The third-order valence-corrected chi connectivity index (χ3v) is 6.90. The summed E-state index contributed by atoms with van der Waals surface area (Å²) in [6.07, 6.45) is 7.33. The van der Waals surface area contributed by atoms with Gasteiger partial charge in [-0.1, -0.05) is 18.6 Å². The summed E-state index contributed by atoms with van der Waals surface area (Å²) in [5.74, 6) is 0.118. The van der Waals surface area contributed by atoms with E-state index < -0.39 is 9.84 Å². The molecule has 1 aromatic carbocycles. The van der Waals surface area contributed by atoms with Gasteiger partial charge in [0.15, 0.2) is 9.84 Å². The highest BCUT2D eigenvalue weighted by Gasteiger charge is 2.46. The van der Waals surface area contributed by atoms with Crippen LogP contribution >= 0.6 is 0 Å². The van der Waals surface area contributed by atoms with Gasteiger partial charge in [0.2, 0.25) is 5.91 Å². The molecule has 2 fully saturated rings. The lowest BCUT2D eigenvalue weighted by Gasteiger charge is -2.43. The van der Waals surface area contributed by atoms with Crippen LogP contribution in [0.15, 0.2) is 29.2 Å². The van der Waals surface area contributed by atoms with Crippen molar-refractivity contribution in [1.82, 2.24) is 4.90 Å². The molecule has 1 spiro atoms. The van der Waals surface area contributed by atoms with Crippen LogP contribution in [0.3, 0.4) is 0 Å². The zero-order valence-electron chi connectivity index (χ0n) is 15.0. The van der Waals surface area contributed by atoms with Gasteiger partial charge in [-0.25, -0.2) is 8.42 Å².